The number of nitrogens with zero attached hydrogens (tertiary/aromatic N) is 1. The molecular formula is C20H16N2O6. The second-order valence-corrected chi connectivity index (χ2v) is 5.81. The van der Waals surface area contributed by atoms with Gasteiger partial charge in [0.1, 0.15) is 11.3 Å². The van der Waals surface area contributed by atoms with E-state index in [0.29, 0.717) is 17.9 Å². The zero-order valence-corrected chi connectivity index (χ0v) is 14.8. The number of urea groups is 1. The summed E-state index contributed by atoms with van der Waals surface area (Å²) in [7, 11) is 0. The van der Waals surface area contributed by atoms with E-state index in [1.165, 1.54) is 30.3 Å². The summed E-state index contributed by atoms with van der Waals surface area (Å²) in [5.41, 5.74) is 0.524. The zero-order valence-electron chi connectivity index (χ0n) is 14.8. The Balaban J connectivity index is 1.92. The van der Waals surface area contributed by atoms with Gasteiger partial charge in [0.05, 0.1) is 17.9 Å². The minimum absolute atomic E-state index is 0.00912. The number of benzene rings is 2. The summed E-state index contributed by atoms with van der Waals surface area (Å²) < 4.78 is 5.35. The van der Waals surface area contributed by atoms with Crippen molar-refractivity contribution < 1.29 is 29.0 Å². The van der Waals surface area contributed by atoms with Crippen molar-refractivity contribution in [1.29, 1.82) is 0 Å². The molecule has 0 unspecified atom stereocenters. The molecule has 8 nitrogen and oxygen atoms in total. The van der Waals surface area contributed by atoms with E-state index < -0.39 is 23.8 Å². The van der Waals surface area contributed by atoms with Gasteiger partial charge in [-0.1, -0.05) is 12.1 Å². The van der Waals surface area contributed by atoms with Gasteiger partial charge < -0.3 is 9.84 Å². The van der Waals surface area contributed by atoms with Gasteiger partial charge in [0.25, 0.3) is 11.8 Å². The van der Waals surface area contributed by atoms with Gasteiger partial charge in [-0.3, -0.25) is 14.9 Å². The molecule has 1 fully saturated rings. The zero-order chi connectivity index (χ0) is 20.3. The SMILES string of the molecule is CCOc1ccc(/C=C2/C(=O)NC(=O)N(c3ccc(C(=O)O)cc3)C2=O)cc1. The summed E-state index contributed by atoms with van der Waals surface area (Å²) in [6.07, 6.45) is 1.37. The van der Waals surface area contributed by atoms with Gasteiger partial charge in [0.2, 0.25) is 0 Å². The first-order valence-electron chi connectivity index (χ1n) is 8.38. The number of carboxylic acid groups (broad SMARTS) is 1. The maximum absolute atomic E-state index is 12.8. The van der Waals surface area contributed by atoms with Crippen molar-refractivity contribution in [2.45, 2.75) is 6.92 Å². The minimum Gasteiger partial charge on any atom is -0.494 e. The molecule has 28 heavy (non-hydrogen) atoms. The fourth-order valence-electron chi connectivity index (χ4n) is 2.64. The van der Waals surface area contributed by atoms with Crippen LogP contribution < -0.4 is 15.0 Å². The van der Waals surface area contributed by atoms with Gasteiger partial charge in [-0.2, -0.15) is 0 Å². The minimum atomic E-state index is -1.13. The van der Waals surface area contributed by atoms with Crippen molar-refractivity contribution >= 4 is 35.6 Å². The van der Waals surface area contributed by atoms with Gasteiger partial charge in [0, 0.05) is 0 Å². The highest BCUT2D eigenvalue weighted by atomic mass is 16.5. The fourth-order valence-corrected chi connectivity index (χ4v) is 2.64. The van der Waals surface area contributed by atoms with Gasteiger partial charge >= 0.3 is 12.0 Å². The molecule has 1 aliphatic rings. The summed E-state index contributed by atoms with van der Waals surface area (Å²) in [4.78, 5) is 48.8. The highest BCUT2D eigenvalue weighted by Gasteiger charge is 2.36. The topological polar surface area (TPSA) is 113 Å². The van der Waals surface area contributed by atoms with E-state index in [2.05, 4.69) is 5.32 Å². The van der Waals surface area contributed by atoms with Crippen molar-refractivity contribution in [3.8, 4) is 5.75 Å². The molecule has 4 amide bonds. The van der Waals surface area contributed by atoms with Crippen molar-refractivity contribution in [2.24, 2.45) is 0 Å². The number of imide groups is 2. The number of amides is 4. The molecule has 0 aliphatic carbocycles. The van der Waals surface area contributed by atoms with E-state index in [9.17, 15) is 19.2 Å². The standard InChI is InChI=1S/C20H16N2O6/c1-2-28-15-9-3-12(4-10-15)11-16-17(23)21-20(27)22(18(16)24)14-7-5-13(6-8-14)19(25)26/h3-11H,2H2,1H3,(H,25,26)(H,21,23,27)/b16-11-. The maximum Gasteiger partial charge on any atom is 0.335 e. The molecule has 142 valence electrons. The average molecular weight is 380 g/mol. The van der Waals surface area contributed by atoms with Crippen molar-refractivity contribution in [1.82, 2.24) is 5.32 Å². The number of hydrogen-bond acceptors (Lipinski definition) is 5. The normalized spacial score (nSPS) is 15.5. The molecule has 2 aromatic carbocycles. The lowest BCUT2D eigenvalue weighted by molar-refractivity contribution is -0.122. The fraction of sp³-hybridized carbons (Fsp3) is 0.100. The predicted molar refractivity (Wildman–Crippen MR) is 100 cm³/mol. The van der Waals surface area contributed by atoms with Crippen LogP contribution in [0.5, 0.6) is 5.75 Å². The lowest BCUT2D eigenvalue weighted by Crippen LogP contribution is -2.54. The van der Waals surface area contributed by atoms with E-state index in [4.69, 9.17) is 9.84 Å². The first-order valence-corrected chi connectivity index (χ1v) is 8.38. The molecule has 1 saturated heterocycles. The molecule has 2 N–H and O–H groups in total. The molecule has 0 atom stereocenters. The van der Waals surface area contributed by atoms with Gasteiger partial charge in [-0.25, -0.2) is 14.5 Å². The Morgan fingerprint density at radius 3 is 2.29 bits per heavy atom. The summed E-state index contributed by atoms with van der Waals surface area (Å²) >= 11 is 0. The van der Waals surface area contributed by atoms with Crippen LogP contribution in [-0.2, 0) is 9.59 Å². The van der Waals surface area contributed by atoms with Crippen LogP contribution in [0.4, 0.5) is 10.5 Å². The monoisotopic (exact) mass is 380 g/mol. The molecular weight excluding hydrogens is 364 g/mol. The Morgan fingerprint density at radius 1 is 1.07 bits per heavy atom. The van der Waals surface area contributed by atoms with Crippen LogP contribution in [0, 0.1) is 0 Å². The Morgan fingerprint density at radius 2 is 1.71 bits per heavy atom. The number of aromatic carboxylic acids is 1. The molecule has 0 radical (unpaired) electrons. The van der Waals surface area contributed by atoms with Crippen LogP contribution in [-0.4, -0.2) is 35.5 Å². The molecule has 1 heterocycles. The molecule has 2 aromatic rings. The number of carbonyl (C=O) groups is 4. The lowest BCUT2D eigenvalue weighted by Gasteiger charge is -2.26. The molecule has 8 heteroatoms. The number of barbiturate groups is 1. The summed E-state index contributed by atoms with van der Waals surface area (Å²) in [5.74, 6) is -2.08. The third kappa shape index (κ3) is 3.75. The number of anilines is 1. The quantitative estimate of drug-likeness (QED) is 0.609. The van der Waals surface area contributed by atoms with E-state index in [1.807, 2.05) is 6.92 Å². The number of nitrogens with one attached hydrogen (secondary N) is 1. The highest BCUT2D eigenvalue weighted by molar-refractivity contribution is 6.39. The Bertz CT molecular complexity index is 977. The first kappa shape index (κ1) is 18.8. The summed E-state index contributed by atoms with van der Waals surface area (Å²) in [6.45, 7) is 2.37. The van der Waals surface area contributed by atoms with Crippen LogP contribution in [0.25, 0.3) is 6.08 Å². The lowest BCUT2D eigenvalue weighted by atomic mass is 10.1. The highest BCUT2D eigenvalue weighted by Crippen LogP contribution is 2.23. The smallest absolute Gasteiger partial charge is 0.335 e. The van der Waals surface area contributed by atoms with E-state index >= 15 is 0 Å². The number of rotatable bonds is 5. The molecule has 0 bridgehead atoms. The second-order valence-electron chi connectivity index (χ2n) is 5.81. The van der Waals surface area contributed by atoms with Crippen LogP contribution in [0.3, 0.4) is 0 Å². The van der Waals surface area contributed by atoms with Crippen molar-refractivity contribution in [3.63, 3.8) is 0 Å². The molecule has 0 aromatic heterocycles. The predicted octanol–water partition coefficient (Wildman–Crippen LogP) is 2.45. The van der Waals surface area contributed by atoms with Crippen LogP contribution >= 0.6 is 0 Å². The van der Waals surface area contributed by atoms with Crippen LogP contribution in [0.1, 0.15) is 22.8 Å². The van der Waals surface area contributed by atoms with Crippen LogP contribution in [0.2, 0.25) is 0 Å². The molecule has 0 saturated carbocycles. The van der Waals surface area contributed by atoms with E-state index in [1.54, 1.807) is 24.3 Å². The van der Waals surface area contributed by atoms with Crippen molar-refractivity contribution in [2.75, 3.05) is 11.5 Å². The summed E-state index contributed by atoms with van der Waals surface area (Å²) in [6, 6.07) is 11.1. The number of carboxylic acids is 1. The number of hydrogen-bond donors (Lipinski definition) is 2. The Labute approximate surface area is 160 Å². The third-order valence-corrected chi connectivity index (χ3v) is 3.98. The first-order chi connectivity index (χ1) is 13.4. The molecule has 1 aliphatic heterocycles. The Kier molecular flexibility index (Phi) is 5.21. The van der Waals surface area contributed by atoms with Gasteiger partial charge in [0.15, 0.2) is 0 Å². The van der Waals surface area contributed by atoms with Gasteiger partial charge in [-0.05, 0) is 55.0 Å². The Hall–Kier alpha value is -3.94. The number of carbonyl (C=O) groups excluding carboxylic acids is 3. The largest absolute Gasteiger partial charge is 0.494 e. The van der Waals surface area contributed by atoms with Crippen molar-refractivity contribution in [3.05, 3.63) is 65.2 Å². The van der Waals surface area contributed by atoms with E-state index in [0.717, 1.165) is 4.90 Å². The van der Waals surface area contributed by atoms with Crippen LogP contribution in [0.15, 0.2) is 54.1 Å². The third-order valence-electron chi connectivity index (χ3n) is 3.98. The number of ether oxygens (including phenoxy) is 1. The molecule has 0 spiro atoms. The second kappa shape index (κ2) is 7.75. The van der Waals surface area contributed by atoms with E-state index in [-0.39, 0.29) is 16.8 Å². The van der Waals surface area contributed by atoms with Gasteiger partial charge in [-0.15, -0.1) is 0 Å². The summed E-state index contributed by atoms with van der Waals surface area (Å²) in [5, 5.41) is 11.1. The maximum atomic E-state index is 12.8. The molecule has 3 rings (SSSR count). The average Bonchev–Trinajstić information content (AvgIpc) is 2.67.